The fourth-order valence-electron chi connectivity index (χ4n) is 5.71. The van der Waals surface area contributed by atoms with Crippen LogP contribution < -0.4 is 31.8 Å². The average molecular weight is 857 g/mol. The third-order valence-corrected chi connectivity index (χ3v) is 9.27. The lowest BCUT2D eigenvalue weighted by atomic mass is 10.1. The normalized spacial score (nSPS) is 11.9. The number of hydrogen-bond acceptors (Lipinski definition) is 11. The Morgan fingerprint density at radius 2 is 1.15 bits per heavy atom. The van der Waals surface area contributed by atoms with Gasteiger partial charge >= 0.3 is 0 Å². The minimum atomic E-state index is -1.08. The number of ketones is 1. The molecule has 0 aromatic carbocycles. The van der Waals surface area contributed by atoms with Crippen LogP contribution in [0.1, 0.15) is 116 Å². The van der Waals surface area contributed by atoms with E-state index in [0.717, 1.165) is 0 Å². The molecule has 0 rings (SSSR count). The summed E-state index contributed by atoms with van der Waals surface area (Å²) in [6.45, 7) is 6.00. The molecule has 2 atom stereocenters. The number of aliphatic hydroxyl groups is 1. The van der Waals surface area contributed by atoms with Gasteiger partial charge in [0.1, 0.15) is 12.3 Å². The highest BCUT2D eigenvalue weighted by atomic mass is 16.3. The molecule has 0 saturated carbocycles. The summed E-state index contributed by atoms with van der Waals surface area (Å²) in [6.07, 6.45) is 9.55. The van der Waals surface area contributed by atoms with E-state index in [1.165, 1.54) is 4.90 Å². The van der Waals surface area contributed by atoms with E-state index < -0.39 is 35.9 Å². The average Bonchev–Trinajstić information content (AvgIpc) is 3.21. The molecule has 0 aromatic rings. The van der Waals surface area contributed by atoms with Crippen LogP contribution in [0.15, 0.2) is 24.3 Å². The van der Waals surface area contributed by atoms with Crippen LogP contribution in [0.3, 0.4) is 0 Å². The summed E-state index contributed by atoms with van der Waals surface area (Å²) in [5.74, 6) is -2.70. The molecule has 334 valence electrons. The van der Waals surface area contributed by atoms with Crippen molar-refractivity contribution in [2.45, 2.75) is 128 Å². The quantitative estimate of drug-likeness (QED) is 0.0126. The maximum absolute atomic E-state index is 13.1. The van der Waals surface area contributed by atoms with E-state index in [9.17, 15) is 43.5 Å². The first-order valence-electron chi connectivity index (χ1n) is 21.2. The van der Waals surface area contributed by atoms with Gasteiger partial charge in [-0.1, -0.05) is 31.6 Å². The minimum Gasteiger partial charge on any atom is -0.449 e. The number of carbonyl (C=O) groups excluding carboxylic acids is 8. The third kappa shape index (κ3) is 32.4. The van der Waals surface area contributed by atoms with Gasteiger partial charge in [-0.3, -0.25) is 48.6 Å². The number of amides is 7. The van der Waals surface area contributed by atoms with Gasteiger partial charge in [-0.25, -0.2) is 0 Å². The molecule has 0 aromatic heterocycles. The summed E-state index contributed by atoms with van der Waals surface area (Å²) in [5, 5.41) is 26.8. The highest BCUT2D eigenvalue weighted by Crippen LogP contribution is 2.06. The van der Waals surface area contributed by atoms with Crippen LogP contribution in [0.2, 0.25) is 0 Å². The van der Waals surface area contributed by atoms with E-state index in [1.54, 1.807) is 19.1 Å². The summed E-state index contributed by atoms with van der Waals surface area (Å²) >= 11 is 0. The topological polar surface area (TPSA) is 239 Å². The lowest BCUT2D eigenvalue weighted by Crippen LogP contribution is -2.49. The predicted molar refractivity (Wildman–Crippen MR) is 239 cm³/mol. The van der Waals surface area contributed by atoms with Gasteiger partial charge in [0.25, 0.3) is 0 Å². The largest absolute Gasteiger partial charge is 0.449 e. The van der Waals surface area contributed by atoms with Crippen LogP contribution in [-0.4, -0.2) is 165 Å². The van der Waals surface area contributed by atoms with Crippen molar-refractivity contribution < 1.29 is 43.5 Å². The van der Waals surface area contributed by atoms with Gasteiger partial charge in [0.2, 0.25) is 69.4 Å². The second-order valence-corrected chi connectivity index (χ2v) is 14.9. The molecule has 0 spiro atoms. The van der Waals surface area contributed by atoms with Crippen molar-refractivity contribution in [1.29, 1.82) is 0 Å². The molecule has 0 saturated heterocycles. The van der Waals surface area contributed by atoms with Crippen molar-refractivity contribution in [3.05, 3.63) is 24.3 Å². The molecule has 0 fully saturated rings. The Kier molecular flexibility index (Phi) is 33.6. The van der Waals surface area contributed by atoms with Crippen molar-refractivity contribution in [3.63, 3.8) is 0 Å². The van der Waals surface area contributed by atoms with Crippen molar-refractivity contribution in [2.75, 3.05) is 45.8 Å². The van der Waals surface area contributed by atoms with Crippen molar-refractivity contribution in [1.82, 2.24) is 46.2 Å². The summed E-state index contributed by atoms with van der Waals surface area (Å²) in [7, 11) is 26.0. The van der Waals surface area contributed by atoms with Gasteiger partial charge < -0.3 is 41.0 Å². The SMILES string of the molecule is [B]NC(=O)CCCCC(=O)N[C@@H](CCCCNC(=O)CN(CC(=O)NCCCCCC(=O)N([B])[B])CC(O)NCCCCCC(=O)N([B])[B])C(=O)NC/C=C/CCC(=O)C(=C)C. The molecule has 0 aliphatic carbocycles. The molecule has 1 unspecified atom stereocenters. The van der Waals surface area contributed by atoms with E-state index in [0.29, 0.717) is 105 Å². The fourth-order valence-corrected chi connectivity index (χ4v) is 5.71. The zero-order chi connectivity index (χ0) is 46.7. The molecular formula is C39H64B5N9O9. The first kappa shape index (κ1) is 57.6. The molecule has 23 heteroatoms. The number of carbonyl (C=O) groups is 8. The molecule has 0 heterocycles. The van der Waals surface area contributed by atoms with Gasteiger partial charge in [-0.2, -0.15) is 0 Å². The Balaban J connectivity index is 5.20. The third-order valence-electron chi connectivity index (χ3n) is 9.27. The number of nitrogens with one attached hydrogen (secondary N) is 6. The summed E-state index contributed by atoms with van der Waals surface area (Å²) in [5.41, 5.74) is 0.479. The smallest absolute Gasteiger partial charge is 0.242 e. The van der Waals surface area contributed by atoms with Crippen LogP contribution in [0.5, 0.6) is 0 Å². The second-order valence-electron chi connectivity index (χ2n) is 14.9. The molecular weight excluding hydrogens is 793 g/mol. The first-order chi connectivity index (χ1) is 29.5. The highest BCUT2D eigenvalue weighted by molar-refractivity contribution is 6.34. The van der Waals surface area contributed by atoms with Gasteiger partial charge in [-0.15, -0.1) is 0 Å². The number of unbranched alkanes of at least 4 members (excludes halogenated alkanes) is 6. The van der Waals surface area contributed by atoms with Crippen molar-refractivity contribution in [2.24, 2.45) is 0 Å². The molecule has 0 bridgehead atoms. The summed E-state index contributed by atoms with van der Waals surface area (Å²) < 4.78 is 1.08. The van der Waals surface area contributed by atoms with Crippen LogP contribution in [0, 0.1) is 0 Å². The maximum Gasteiger partial charge on any atom is 0.242 e. The Hall–Kier alpha value is -4.36. The number of allylic oxidation sites excluding steroid dienone is 2. The standard InChI is InChI=1S/C39H64B5N9O9/c1-29(2)31(54)17-6-3-14-25-48-39(62)30(49-32(55)18-9-10-19-33(56)50-40)16-11-15-24-47-36(59)28-51(26-34(57)45-22-12-4-7-20-37(60)52(41)42)27-35(58)46-23-13-5-8-21-38(61)53(43)44/h3,14,30,34,45,57H,1,4-13,15-28H2,2H3,(H,46,58)(H,47,59)(H,48,62)(H,49,55)(H,50,56)/b14-3+/t30-,34?/m0/s1. The number of rotatable bonds is 37. The van der Waals surface area contributed by atoms with E-state index in [4.69, 9.17) is 39.9 Å². The summed E-state index contributed by atoms with van der Waals surface area (Å²) in [6, 6.07) is -0.860. The van der Waals surface area contributed by atoms with E-state index >= 15 is 0 Å². The van der Waals surface area contributed by atoms with Gasteiger partial charge in [-0.05, 0) is 83.2 Å². The minimum absolute atomic E-state index is 0.0412. The molecule has 0 aliphatic rings. The van der Waals surface area contributed by atoms with Crippen LogP contribution >= 0.6 is 0 Å². The fraction of sp³-hybridized carbons (Fsp3) is 0.692. The van der Waals surface area contributed by atoms with E-state index in [2.05, 4.69) is 33.2 Å². The Labute approximate surface area is 374 Å². The zero-order valence-corrected chi connectivity index (χ0v) is 36.4. The Morgan fingerprint density at radius 1 is 0.629 bits per heavy atom. The van der Waals surface area contributed by atoms with Crippen molar-refractivity contribution in [3.8, 4) is 0 Å². The molecule has 7 N–H and O–H groups in total. The lowest BCUT2D eigenvalue weighted by Gasteiger charge is -2.25. The summed E-state index contributed by atoms with van der Waals surface area (Å²) in [4.78, 5) is 99.3. The number of aliphatic hydroxyl groups excluding tert-OH is 1. The van der Waals surface area contributed by atoms with Crippen LogP contribution in [-0.2, 0) is 38.4 Å². The maximum atomic E-state index is 13.1. The number of Topliss-reactive ketones (excluding diaryl/α,β-unsaturated/α-hetero) is 1. The Bertz CT molecular complexity index is 1440. The monoisotopic (exact) mass is 858 g/mol. The van der Waals surface area contributed by atoms with E-state index in [1.807, 2.05) is 5.23 Å². The second kappa shape index (κ2) is 36.2. The Morgan fingerprint density at radius 3 is 1.68 bits per heavy atom. The number of hydrogen-bond donors (Lipinski definition) is 7. The first-order valence-corrected chi connectivity index (χ1v) is 21.2. The van der Waals surface area contributed by atoms with Gasteiger partial charge in [0, 0.05) is 58.3 Å². The predicted octanol–water partition coefficient (Wildman–Crippen LogP) is -1.45. The van der Waals surface area contributed by atoms with Crippen molar-refractivity contribution >= 4 is 87.0 Å². The zero-order valence-electron chi connectivity index (χ0n) is 36.4. The number of nitrogens with zero attached hydrogens (tertiary/aromatic N) is 3. The molecule has 62 heavy (non-hydrogen) atoms. The molecule has 10 radical (unpaired) electrons. The molecule has 18 nitrogen and oxygen atoms in total. The van der Waals surface area contributed by atoms with Crippen LogP contribution in [0.25, 0.3) is 0 Å². The lowest BCUT2D eigenvalue weighted by molar-refractivity contribution is -0.129. The molecule has 0 aliphatic heterocycles. The van der Waals surface area contributed by atoms with E-state index in [-0.39, 0.29) is 88.3 Å². The van der Waals surface area contributed by atoms with Crippen LogP contribution in [0.4, 0.5) is 0 Å². The highest BCUT2D eigenvalue weighted by Gasteiger charge is 2.21. The van der Waals surface area contributed by atoms with Gasteiger partial charge in [0.15, 0.2) is 17.6 Å². The molecule has 7 amide bonds. The van der Waals surface area contributed by atoms with Gasteiger partial charge in [0.05, 0.1) is 13.1 Å².